The van der Waals surface area contributed by atoms with Gasteiger partial charge in [0.1, 0.15) is 17.1 Å². The number of halogens is 1. The van der Waals surface area contributed by atoms with Crippen molar-refractivity contribution in [1.82, 2.24) is 9.55 Å². The van der Waals surface area contributed by atoms with E-state index in [0.29, 0.717) is 16.7 Å². The van der Waals surface area contributed by atoms with Crippen molar-refractivity contribution in [3.63, 3.8) is 0 Å². The van der Waals surface area contributed by atoms with Crippen molar-refractivity contribution in [2.75, 3.05) is 0 Å². The lowest BCUT2D eigenvalue weighted by Gasteiger charge is -2.04. The minimum Gasteiger partial charge on any atom is -0.506 e. The second-order valence-electron chi connectivity index (χ2n) is 3.92. The third-order valence-electron chi connectivity index (χ3n) is 2.75. The van der Waals surface area contributed by atoms with Crippen LogP contribution < -0.4 is 5.69 Å². The number of aromatic hydroxyl groups is 1. The summed E-state index contributed by atoms with van der Waals surface area (Å²) in [6, 6.07) is 10.4. The summed E-state index contributed by atoms with van der Waals surface area (Å²) >= 11 is 0. The summed E-state index contributed by atoms with van der Waals surface area (Å²) < 4.78 is 14.4. The lowest BCUT2D eigenvalue weighted by Crippen LogP contribution is -2.14. The molecule has 3 aromatic rings. The summed E-state index contributed by atoms with van der Waals surface area (Å²) in [4.78, 5) is 14.5. The van der Waals surface area contributed by atoms with Gasteiger partial charge in [0.25, 0.3) is 0 Å². The molecule has 0 aliphatic heterocycles. The molecule has 0 radical (unpaired) electrons. The molecule has 1 aromatic heterocycles. The van der Waals surface area contributed by atoms with Gasteiger partial charge in [-0.3, -0.25) is 4.57 Å². The molecule has 3 rings (SSSR count). The fourth-order valence-electron chi connectivity index (χ4n) is 2.00. The van der Waals surface area contributed by atoms with Gasteiger partial charge in [-0.2, -0.15) is 0 Å². The van der Waals surface area contributed by atoms with E-state index in [9.17, 15) is 14.3 Å². The smallest absolute Gasteiger partial charge is 0.331 e. The fourth-order valence-corrected chi connectivity index (χ4v) is 2.00. The van der Waals surface area contributed by atoms with E-state index in [1.165, 1.54) is 28.8 Å². The van der Waals surface area contributed by atoms with Gasteiger partial charge in [-0.25, -0.2) is 9.18 Å². The molecule has 4 nitrogen and oxygen atoms in total. The predicted molar refractivity (Wildman–Crippen MR) is 65.5 cm³/mol. The minimum atomic E-state index is -0.441. The topological polar surface area (TPSA) is 58.0 Å². The van der Waals surface area contributed by atoms with Crippen molar-refractivity contribution in [3.05, 3.63) is 58.8 Å². The molecule has 2 aromatic carbocycles. The van der Waals surface area contributed by atoms with Gasteiger partial charge in [-0.1, -0.05) is 12.1 Å². The zero-order chi connectivity index (χ0) is 12.7. The molecule has 1 heterocycles. The molecule has 0 atom stereocenters. The molecule has 0 bridgehead atoms. The number of aromatic amines is 1. The van der Waals surface area contributed by atoms with Crippen LogP contribution in [0.25, 0.3) is 16.7 Å². The van der Waals surface area contributed by atoms with Crippen LogP contribution in [-0.4, -0.2) is 14.7 Å². The molecule has 5 heteroatoms. The molecule has 90 valence electrons. The molecule has 2 N–H and O–H groups in total. The zero-order valence-corrected chi connectivity index (χ0v) is 9.22. The molecule has 0 amide bonds. The van der Waals surface area contributed by atoms with Crippen molar-refractivity contribution in [2.24, 2.45) is 0 Å². The van der Waals surface area contributed by atoms with Crippen LogP contribution >= 0.6 is 0 Å². The normalized spacial score (nSPS) is 10.9. The van der Waals surface area contributed by atoms with Crippen LogP contribution in [0.3, 0.4) is 0 Å². The monoisotopic (exact) mass is 244 g/mol. The first-order chi connectivity index (χ1) is 8.66. The van der Waals surface area contributed by atoms with Crippen LogP contribution in [0.5, 0.6) is 5.75 Å². The van der Waals surface area contributed by atoms with Gasteiger partial charge in [-0.15, -0.1) is 0 Å². The van der Waals surface area contributed by atoms with E-state index in [-0.39, 0.29) is 5.75 Å². The number of nitrogens with one attached hydrogen (secondary N) is 1. The van der Waals surface area contributed by atoms with Gasteiger partial charge in [-0.05, 0) is 30.3 Å². The second kappa shape index (κ2) is 3.73. The summed E-state index contributed by atoms with van der Waals surface area (Å²) in [6.07, 6.45) is 0. The van der Waals surface area contributed by atoms with Crippen molar-refractivity contribution in [2.45, 2.75) is 0 Å². The molecule has 0 aliphatic carbocycles. The predicted octanol–water partition coefficient (Wildman–Crippen LogP) is 2.16. The number of phenolic OH excluding ortho intramolecular Hbond substituents is 1. The highest BCUT2D eigenvalue weighted by molar-refractivity contribution is 5.83. The Kier molecular flexibility index (Phi) is 2.19. The van der Waals surface area contributed by atoms with Gasteiger partial charge >= 0.3 is 5.69 Å². The average molecular weight is 244 g/mol. The van der Waals surface area contributed by atoms with Gasteiger partial charge < -0.3 is 10.1 Å². The Morgan fingerprint density at radius 1 is 1.17 bits per heavy atom. The standard InChI is InChI=1S/C13H9FN2O2/c14-8-3-1-4-9(7-8)16-12-10(15-13(16)18)5-2-6-11(12)17/h1-7,17H,(H,15,18). The molecule has 0 aliphatic rings. The number of aromatic nitrogens is 2. The van der Waals surface area contributed by atoms with Gasteiger partial charge in [0.15, 0.2) is 0 Å². The number of nitrogens with zero attached hydrogens (tertiary/aromatic N) is 1. The lowest BCUT2D eigenvalue weighted by molar-refractivity contribution is 0.479. The van der Waals surface area contributed by atoms with Crippen LogP contribution in [0.15, 0.2) is 47.3 Å². The van der Waals surface area contributed by atoms with Crippen LogP contribution in [0.1, 0.15) is 0 Å². The van der Waals surface area contributed by atoms with E-state index in [1.54, 1.807) is 18.2 Å². The number of benzene rings is 2. The first-order valence-electron chi connectivity index (χ1n) is 5.35. The molecular weight excluding hydrogens is 235 g/mol. The third-order valence-corrected chi connectivity index (χ3v) is 2.75. The minimum absolute atomic E-state index is 0.0323. The molecular formula is C13H9FN2O2. The van der Waals surface area contributed by atoms with E-state index in [1.807, 2.05) is 0 Å². The number of fused-ring (bicyclic) bond motifs is 1. The largest absolute Gasteiger partial charge is 0.506 e. The van der Waals surface area contributed by atoms with Crippen molar-refractivity contribution >= 4 is 11.0 Å². The van der Waals surface area contributed by atoms with Crippen molar-refractivity contribution in [1.29, 1.82) is 0 Å². The highest BCUT2D eigenvalue weighted by Gasteiger charge is 2.12. The summed E-state index contributed by atoms with van der Waals surface area (Å²) in [5, 5.41) is 9.82. The number of phenols is 1. The molecule has 0 fully saturated rings. The van der Waals surface area contributed by atoms with Crippen molar-refractivity contribution < 1.29 is 9.50 Å². The van der Waals surface area contributed by atoms with Crippen LogP contribution in [0.4, 0.5) is 4.39 Å². The van der Waals surface area contributed by atoms with E-state index in [0.717, 1.165) is 0 Å². The Labute approximate surface area is 101 Å². The first kappa shape index (κ1) is 10.6. The molecule has 0 spiro atoms. The molecule has 0 saturated heterocycles. The maximum atomic E-state index is 13.2. The number of hydrogen-bond donors (Lipinski definition) is 2. The van der Waals surface area contributed by atoms with Gasteiger partial charge in [0.2, 0.25) is 0 Å². The Morgan fingerprint density at radius 2 is 1.94 bits per heavy atom. The van der Waals surface area contributed by atoms with E-state index in [2.05, 4.69) is 4.98 Å². The Hall–Kier alpha value is -2.56. The summed E-state index contributed by atoms with van der Waals surface area (Å²) in [5.74, 6) is -0.473. The second-order valence-corrected chi connectivity index (χ2v) is 3.92. The van der Waals surface area contributed by atoms with E-state index < -0.39 is 11.5 Å². The first-order valence-corrected chi connectivity index (χ1v) is 5.35. The molecule has 18 heavy (non-hydrogen) atoms. The Balaban J connectivity index is 2.42. The summed E-state index contributed by atoms with van der Waals surface area (Å²) in [5.41, 5.74) is 0.794. The van der Waals surface area contributed by atoms with E-state index in [4.69, 9.17) is 0 Å². The number of rotatable bonds is 1. The maximum Gasteiger partial charge on any atom is 0.331 e. The number of imidazole rings is 1. The SMILES string of the molecule is O=c1[nH]c2cccc(O)c2n1-c1cccc(F)c1. The number of hydrogen-bond acceptors (Lipinski definition) is 2. The number of para-hydroxylation sites is 1. The summed E-state index contributed by atoms with van der Waals surface area (Å²) in [6.45, 7) is 0. The molecule has 0 saturated carbocycles. The zero-order valence-electron chi connectivity index (χ0n) is 9.22. The average Bonchev–Trinajstić information content (AvgIpc) is 2.67. The lowest BCUT2D eigenvalue weighted by atomic mass is 10.2. The highest BCUT2D eigenvalue weighted by atomic mass is 19.1. The molecule has 0 unspecified atom stereocenters. The van der Waals surface area contributed by atoms with Gasteiger partial charge in [0, 0.05) is 0 Å². The highest BCUT2D eigenvalue weighted by Crippen LogP contribution is 2.24. The Morgan fingerprint density at radius 3 is 2.72 bits per heavy atom. The maximum absolute atomic E-state index is 13.2. The number of H-pyrrole nitrogens is 1. The fraction of sp³-hybridized carbons (Fsp3) is 0. The quantitative estimate of drug-likeness (QED) is 0.689. The van der Waals surface area contributed by atoms with E-state index >= 15 is 0 Å². The van der Waals surface area contributed by atoms with Crippen LogP contribution in [-0.2, 0) is 0 Å². The van der Waals surface area contributed by atoms with Gasteiger partial charge in [0.05, 0.1) is 11.2 Å². The van der Waals surface area contributed by atoms with Crippen LogP contribution in [0.2, 0.25) is 0 Å². The van der Waals surface area contributed by atoms with Crippen molar-refractivity contribution in [3.8, 4) is 11.4 Å². The summed E-state index contributed by atoms with van der Waals surface area (Å²) in [7, 11) is 0. The third kappa shape index (κ3) is 1.48. The Bertz CT molecular complexity index is 789. The van der Waals surface area contributed by atoms with Crippen LogP contribution in [0, 0.1) is 5.82 Å².